The van der Waals surface area contributed by atoms with E-state index >= 15 is 0 Å². The summed E-state index contributed by atoms with van der Waals surface area (Å²) in [7, 11) is 1.98. The molecular formula is C13H11BrN2O. The first-order valence-electron chi connectivity index (χ1n) is 5.34. The quantitative estimate of drug-likeness (QED) is 0.680. The summed E-state index contributed by atoms with van der Waals surface area (Å²) in [5.41, 5.74) is 2.84. The molecule has 0 aliphatic heterocycles. The first kappa shape index (κ1) is 10.6. The van der Waals surface area contributed by atoms with Gasteiger partial charge in [-0.2, -0.15) is 0 Å². The van der Waals surface area contributed by atoms with E-state index in [2.05, 4.69) is 20.9 Å². The van der Waals surface area contributed by atoms with E-state index in [4.69, 9.17) is 4.42 Å². The highest BCUT2D eigenvalue weighted by molar-refractivity contribution is 9.10. The fourth-order valence-corrected chi connectivity index (χ4v) is 2.48. The first-order valence-corrected chi connectivity index (χ1v) is 6.13. The van der Waals surface area contributed by atoms with Crippen molar-refractivity contribution in [1.82, 2.24) is 9.55 Å². The Hall–Kier alpha value is -1.55. The van der Waals surface area contributed by atoms with Crippen molar-refractivity contribution in [3.8, 4) is 11.3 Å². The molecule has 0 unspecified atom stereocenters. The average molecular weight is 291 g/mol. The maximum atomic E-state index is 5.54. The molecule has 0 aliphatic carbocycles. The predicted molar refractivity (Wildman–Crippen MR) is 70.9 cm³/mol. The molecule has 3 rings (SSSR count). The van der Waals surface area contributed by atoms with Crippen LogP contribution in [0.3, 0.4) is 0 Å². The Balaban J connectivity index is 2.31. The molecule has 2 aromatic heterocycles. The van der Waals surface area contributed by atoms with Crippen molar-refractivity contribution in [1.29, 1.82) is 0 Å². The van der Waals surface area contributed by atoms with Crippen LogP contribution in [0.1, 0.15) is 5.82 Å². The molecule has 4 heteroatoms. The van der Waals surface area contributed by atoms with Gasteiger partial charge in [0.05, 0.1) is 0 Å². The normalized spacial score (nSPS) is 11.2. The zero-order valence-electron chi connectivity index (χ0n) is 9.57. The van der Waals surface area contributed by atoms with Crippen molar-refractivity contribution in [2.24, 2.45) is 7.05 Å². The summed E-state index contributed by atoms with van der Waals surface area (Å²) in [5.74, 6) is 0.970. The Morgan fingerprint density at radius 2 is 2.06 bits per heavy atom. The van der Waals surface area contributed by atoms with E-state index in [1.54, 1.807) is 6.26 Å². The minimum absolute atomic E-state index is 0.887. The lowest BCUT2D eigenvalue weighted by Crippen LogP contribution is -1.89. The Labute approximate surface area is 107 Å². The molecule has 0 fully saturated rings. The van der Waals surface area contributed by atoms with Crippen molar-refractivity contribution in [2.45, 2.75) is 6.92 Å². The molecule has 0 spiro atoms. The number of furan rings is 1. The van der Waals surface area contributed by atoms with Crippen LogP contribution in [0.15, 0.2) is 39.5 Å². The first-order chi connectivity index (χ1) is 8.18. The van der Waals surface area contributed by atoms with Gasteiger partial charge >= 0.3 is 0 Å². The van der Waals surface area contributed by atoms with Crippen molar-refractivity contribution >= 4 is 26.9 Å². The van der Waals surface area contributed by atoms with Crippen molar-refractivity contribution < 1.29 is 4.42 Å². The molecule has 0 saturated carbocycles. The van der Waals surface area contributed by atoms with E-state index in [0.29, 0.717) is 0 Å². The van der Waals surface area contributed by atoms with Crippen LogP contribution in [0.25, 0.3) is 22.2 Å². The maximum Gasteiger partial charge on any atom is 0.134 e. The third kappa shape index (κ3) is 1.52. The number of rotatable bonds is 1. The highest BCUT2D eigenvalue weighted by Gasteiger charge is 2.16. The number of benzene rings is 1. The summed E-state index contributed by atoms with van der Waals surface area (Å²) < 4.78 is 8.52. The third-order valence-corrected chi connectivity index (χ3v) is 3.89. The van der Waals surface area contributed by atoms with Gasteiger partial charge in [0.1, 0.15) is 28.0 Å². The van der Waals surface area contributed by atoms with E-state index in [-0.39, 0.29) is 0 Å². The van der Waals surface area contributed by atoms with Gasteiger partial charge in [0, 0.05) is 18.0 Å². The Kier molecular flexibility index (Phi) is 2.33. The van der Waals surface area contributed by atoms with E-state index in [1.807, 2.05) is 42.8 Å². The molecule has 17 heavy (non-hydrogen) atoms. The fraction of sp³-hybridized carbons (Fsp3) is 0.154. The zero-order valence-corrected chi connectivity index (χ0v) is 11.2. The molecule has 86 valence electrons. The highest BCUT2D eigenvalue weighted by atomic mass is 79.9. The molecule has 0 N–H and O–H groups in total. The molecule has 0 bridgehead atoms. The standard InChI is InChI=1S/C13H11BrN2O/c1-8-15-12(13(14)16(8)2)10-7-17-11-6-4-3-5-9(10)11/h3-7H,1-2H3. The summed E-state index contributed by atoms with van der Waals surface area (Å²) in [4.78, 5) is 4.56. The van der Waals surface area contributed by atoms with Crippen LogP contribution in [0, 0.1) is 6.92 Å². The van der Waals surface area contributed by atoms with Gasteiger partial charge in [-0.15, -0.1) is 0 Å². The van der Waals surface area contributed by atoms with Gasteiger partial charge in [-0.25, -0.2) is 4.98 Å². The third-order valence-electron chi connectivity index (χ3n) is 2.98. The lowest BCUT2D eigenvalue weighted by molar-refractivity contribution is 0.617. The zero-order chi connectivity index (χ0) is 12.0. The minimum atomic E-state index is 0.887. The summed E-state index contributed by atoms with van der Waals surface area (Å²) >= 11 is 3.57. The molecule has 2 heterocycles. The lowest BCUT2D eigenvalue weighted by atomic mass is 10.1. The average Bonchev–Trinajstić information content (AvgIpc) is 2.86. The number of halogens is 1. The lowest BCUT2D eigenvalue weighted by Gasteiger charge is -1.96. The van der Waals surface area contributed by atoms with Crippen LogP contribution in [0.5, 0.6) is 0 Å². The van der Waals surface area contributed by atoms with Gasteiger partial charge < -0.3 is 8.98 Å². The van der Waals surface area contributed by atoms with E-state index in [0.717, 1.165) is 32.7 Å². The topological polar surface area (TPSA) is 31.0 Å². The Morgan fingerprint density at radius 1 is 1.29 bits per heavy atom. The number of aryl methyl sites for hydroxylation is 1. The number of fused-ring (bicyclic) bond motifs is 1. The number of hydrogen-bond donors (Lipinski definition) is 0. The van der Waals surface area contributed by atoms with Gasteiger partial charge in [0.2, 0.25) is 0 Å². The van der Waals surface area contributed by atoms with Crippen LogP contribution < -0.4 is 0 Å². The van der Waals surface area contributed by atoms with Gasteiger partial charge in [-0.1, -0.05) is 18.2 Å². The van der Waals surface area contributed by atoms with Gasteiger partial charge in [0.15, 0.2) is 0 Å². The molecule has 3 aromatic rings. The summed E-state index contributed by atoms with van der Waals surface area (Å²) in [6.45, 7) is 1.98. The molecule has 0 radical (unpaired) electrons. The fourth-order valence-electron chi connectivity index (χ4n) is 1.92. The smallest absolute Gasteiger partial charge is 0.134 e. The van der Waals surface area contributed by atoms with E-state index in [9.17, 15) is 0 Å². The number of nitrogens with zero attached hydrogens (tertiary/aromatic N) is 2. The number of imidazole rings is 1. The Bertz CT molecular complexity index is 697. The second kappa shape index (κ2) is 3.74. The van der Waals surface area contributed by atoms with Crippen LogP contribution in [0.2, 0.25) is 0 Å². The van der Waals surface area contributed by atoms with E-state index < -0.39 is 0 Å². The molecule has 0 aliphatic rings. The molecule has 0 saturated heterocycles. The molecule has 0 amide bonds. The van der Waals surface area contributed by atoms with Crippen molar-refractivity contribution in [2.75, 3.05) is 0 Å². The van der Waals surface area contributed by atoms with Crippen LogP contribution in [0.4, 0.5) is 0 Å². The minimum Gasteiger partial charge on any atom is -0.464 e. The summed E-state index contributed by atoms with van der Waals surface area (Å²) in [6, 6.07) is 7.98. The molecule has 3 nitrogen and oxygen atoms in total. The number of hydrogen-bond acceptors (Lipinski definition) is 2. The molecule has 1 aromatic carbocycles. The van der Waals surface area contributed by atoms with E-state index in [1.165, 1.54) is 0 Å². The largest absolute Gasteiger partial charge is 0.464 e. The second-order valence-corrected chi connectivity index (χ2v) is 4.75. The highest BCUT2D eigenvalue weighted by Crippen LogP contribution is 2.34. The van der Waals surface area contributed by atoms with Crippen LogP contribution in [-0.4, -0.2) is 9.55 Å². The van der Waals surface area contributed by atoms with Gasteiger partial charge in [0.25, 0.3) is 0 Å². The monoisotopic (exact) mass is 290 g/mol. The number of para-hydroxylation sites is 1. The summed E-state index contributed by atoms with van der Waals surface area (Å²) in [6.07, 6.45) is 1.76. The predicted octanol–water partition coefficient (Wildman–Crippen LogP) is 3.90. The number of aromatic nitrogens is 2. The molecule has 0 atom stereocenters. The van der Waals surface area contributed by atoms with Crippen molar-refractivity contribution in [3.05, 3.63) is 41.0 Å². The second-order valence-electron chi connectivity index (χ2n) is 4.00. The Morgan fingerprint density at radius 3 is 2.76 bits per heavy atom. The summed E-state index contributed by atoms with van der Waals surface area (Å²) in [5, 5.41) is 1.09. The SMILES string of the molecule is Cc1nc(-c2coc3ccccc23)c(Br)n1C. The maximum absolute atomic E-state index is 5.54. The van der Waals surface area contributed by atoms with Crippen molar-refractivity contribution in [3.63, 3.8) is 0 Å². The van der Waals surface area contributed by atoms with Gasteiger partial charge in [-0.05, 0) is 28.9 Å². The van der Waals surface area contributed by atoms with Crippen LogP contribution >= 0.6 is 15.9 Å². The van der Waals surface area contributed by atoms with Gasteiger partial charge in [-0.3, -0.25) is 0 Å². The molecular weight excluding hydrogens is 280 g/mol. The van der Waals surface area contributed by atoms with Crippen LogP contribution in [-0.2, 0) is 7.05 Å².